The second-order valence-corrected chi connectivity index (χ2v) is 6.74. The molecule has 1 unspecified atom stereocenters. The Balaban J connectivity index is 2.05. The van der Waals surface area contributed by atoms with Crippen LogP contribution in [0.1, 0.15) is 28.4 Å². The van der Waals surface area contributed by atoms with Crippen LogP contribution < -0.4 is 4.74 Å². The molecule has 0 spiro atoms. The minimum absolute atomic E-state index is 0.0123. The molecule has 1 aliphatic rings. The molecule has 0 aliphatic heterocycles. The van der Waals surface area contributed by atoms with Gasteiger partial charge in [0.1, 0.15) is 23.6 Å². The number of ether oxygens (including phenoxy) is 1. The first-order chi connectivity index (χ1) is 11.9. The van der Waals surface area contributed by atoms with E-state index in [0.717, 1.165) is 17.3 Å². The maximum atomic E-state index is 14.0. The number of hydrogen-bond donors (Lipinski definition) is 1. The third kappa shape index (κ3) is 3.32. The van der Waals surface area contributed by atoms with Crippen LogP contribution in [0.4, 0.5) is 13.2 Å². The normalized spacial score (nSPS) is 17.8. The third-order valence-electron chi connectivity index (χ3n) is 3.98. The van der Waals surface area contributed by atoms with E-state index in [-0.39, 0.29) is 21.8 Å². The van der Waals surface area contributed by atoms with Gasteiger partial charge in [0.15, 0.2) is 0 Å². The van der Waals surface area contributed by atoms with Crippen molar-refractivity contribution in [1.29, 1.82) is 5.26 Å². The second kappa shape index (κ2) is 6.62. The van der Waals surface area contributed by atoms with Gasteiger partial charge in [-0.2, -0.15) is 5.26 Å². The lowest BCUT2D eigenvalue weighted by atomic mass is 10.1. The largest absolute Gasteiger partial charge is 0.457 e. The van der Waals surface area contributed by atoms with Crippen molar-refractivity contribution in [2.45, 2.75) is 30.3 Å². The van der Waals surface area contributed by atoms with Crippen LogP contribution in [0.2, 0.25) is 0 Å². The molecule has 0 bridgehead atoms. The van der Waals surface area contributed by atoms with Crippen molar-refractivity contribution in [2.75, 3.05) is 6.01 Å². The molecule has 25 heavy (non-hydrogen) atoms. The van der Waals surface area contributed by atoms with E-state index in [0.29, 0.717) is 11.3 Å². The monoisotopic (exact) mass is 365 g/mol. The van der Waals surface area contributed by atoms with Crippen molar-refractivity contribution >= 4 is 11.8 Å². The quantitative estimate of drug-likeness (QED) is 0.783. The van der Waals surface area contributed by atoms with Gasteiger partial charge in [0.2, 0.25) is 0 Å². The highest BCUT2D eigenvalue weighted by atomic mass is 32.2. The summed E-state index contributed by atoms with van der Waals surface area (Å²) in [6, 6.07) is 9.04. The summed E-state index contributed by atoms with van der Waals surface area (Å²) in [6.45, 7) is 1.79. The molecule has 3 rings (SSSR count). The first-order valence-electron chi connectivity index (χ1n) is 7.46. The zero-order valence-corrected chi connectivity index (χ0v) is 14.0. The Kier molecular flexibility index (Phi) is 4.67. The van der Waals surface area contributed by atoms with Gasteiger partial charge in [-0.05, 0) is 42.8 Å². The van der Waals surface area contributed by atoms with Crippen LogP contribution in [0.5, 0.6) is 11.5 Å². The Morgan fingerprint density at radius 3 is 2.80 bits per heavy atom. The predicted octanol–water partition coefficient (Wildman–Crippen LogP) is 4.90. The van der Waals surface area contributed by atoms with E-state index in [1.54, 1.807) is 19.1 Å². The molecule has 0 amide bonds. The van der Waals surface area contributed by atoms with Crippen LogP contribution in [-0.2, 0) is 6.42 Å². The number of rotatable bonds is 4. The highest BCUT2D eigenvalue weighted by molar-refractivity contribution is 7.99. The van der Waals surface area contributed by atoms with E-state index in [4.69, 9.17) is 10.00 Å². The fourth-order valence-electron chi connectivity index (χ4n) is 2.93. The fourth-order valence-corrected chi connectivity index (χ4v) is 3.60. The minimum atomic E-state index is -3.34. The Morgan fingerprint density at radius 2 is 2.12 bits per heavy atom. The van der Waals surface area contributed by atoms with E-state index in [1.807, 2.05) is 6.07 Å². The van der Waals surface area contributed by atoms with E-state index < -0.39 is 24.5 Å². The summed E-state index contributed by atoms with van der Waals surface area (Å²) in [5, 5.41) is 19.0. The molecule has 0 aromatic heterocycles. The van der Waals surface area contributed by atoms with Crippen LogP contribution in [0, 0.1) is 18.3 Å². The molecular formula is C18H14F3NO2S. The number of aliphatic hydroxyl groups excluding tert-OH is 1. The van der Waals surface area contributed by atoms with Gasteiger partial charge in [-0.25, -0.2) is 13.2 Å². The van der Waals surface area contributed by atoms with Crippen LogP contribution in [-0.4, -0.2) is 17.0 Å². The SMILES string of the molecule is Cc1cc(C#N)cc(Oc2ccc(SCF)c3c2CC(F)(F)C3O)c1. The lowest BCUT2D eigenvalue weighted by Gasteiger charge is -2.15. The molecule has 0 heterocycles. The number of aryl methyl sites for hydroxylation is 1. The lowest BCUT2D eigenvalue weighted by Crippen LogP contribution is -2.21. The van der Waals surface area contributed by atoms with Crippen molar-refractivity contribution in [1.82, 2.24) is 0 Å². The molecule has 2 aromatic rings. The molecule has 3 nitrogen and oxygen atoms in total. The molecule has 130 valence electrons. The number of benzene rings is 2. The Bertz CT molecular complexity index is 864. The van der Waals surface area contributed by atoms with Gasteiger partial charge >= 0.3 is 0 Å². The number of thioether (sulfide) groups is 1. The Labute approximate surface area is 147 Å². The van der Waals surface area contributed by atoms with Crippen molar-refractivity contribution in [2.24, 2.45) is 0 Å². The first-order valence-corrected chi connectivity index (χ1v) is 8.44. The van der Waals surface area contributed by atoms with Gasteiger partial charge in [0.05, 0.1) is 11.6 Å². The highest BCUT2D eigenvalue weighted by Crippen LogP contribution is 2.50. The van der Waals surface area contributed by atoms with Crippen LogP contribution >= 0.6 is 11.8 Å². The average molecular weight is 365 g/mol. The van der Waals surface area contributed by atoms with Crippen LogP contribution in [0.15, 0.2) is 35.2 Å². The number of aliphatic hydroxyl groups is 1. The number of nitrogens with zero attached hydrogens (tertiary/aromatic N) is 1. The summed E-state index contributed by atoms with van der Waals surface area (Å²) in [7, 11) is 0. The first kappa shape index (κ1) is 17.6. The van der Waals surface area contributed by atoms with Gasteiger partial charge in [-0.1, -0.05) is 11.8 Å². The van der Waals surface area contributed by atoms with Gasteiger partial charge in [0, 0.05) is 22.4 Å². The summed E-state index contributed by atoms with van der Waals surface area (Å²) < 4.78 is 46.4. The predicted molar refractivity (Wildman–Crippen MR) is 87.9 cm³/mol. The summed E-state index contributed by atoms with van der Waals surface area (Å²) in [5.41, 5.74) is 1.36. The molecule has 0 saturated carbocycles. The highest BCUT2D eigenvalue weighted by Gasteiger charge is 2.49. The van der Waals surface area contributed by atoms with E-state index >= 15 is 0 Å². The van der Waals surface area contributed by atoms with Gasteiger partial charge in [-0.15, -0.1) is 0 Å². The number of fused-ring (bicyclic) bond motifs is 1. The van der Waals surface area contributed by atoms with Crippen LogP contribution in [0.25, 0.3) is 0 Å². The van der Waals surface area contributed by atoms with Crippen molar-refractivity contribution in [3.63, 3.8) is 0 Å². The van der Waals surface area contributed by atoms with Crippen LogP contribution in [0.3, 0.4) is 0 Å². The zero-order valence-electron chi connectivity index (χ0n) is 13.2. The van der Waals surface area contributed by atoms with E-state index in [1.165, 1.54) is 18.2 Å². The lowest BCUT2D eigenvalue weighted by molar-refractivity contribution is -0.0976. The molecule has 2 aromatic carbocycles. The molecule has 1 atom stereocenters. The number of nitriles is 1. The van der Waals surface area contributed by atoms with E-state index in [2.05, 4.69) is 0 Å². The summed E-state index contributed by atoms with van der Waals surface area (Å²) in [4.78, 5) is 0.275. The Hall–Kier alpha value is -2.17. The molecule has 1 aliphatic carbocycles. The summed E-state index contributed by atoms with van der Waals surface area (Å²) in [5.74, 6) is -2.82. The van der Waals surface area contributed by atoms with Crippen molar-refractivity contribution < 1.29 is 23.0 Å². The molecule has 1 N–H and O–H groups in total. The second-order valence-electron chi connectivity index (χ2n) is 5.80. The van der Waals surface area contributed by atoms with Gasteiger partial charge < -0.3 is 9.84 Å². The summed E-state index contributed by atoms with van der Waals surface area (Å²) >= 11 is 0.750. The number of hydrogen-bond acceptors (Lipinski definition) is 4. The smallest absolute Gasteiger partial charge is 0.281 e. The standard InChI is InChI=1S/C18H14F3NO2S/c1-10-4-11(8-22)6-12(5-10)24-14-2-3-15(25-9-19)16-13(14)7-18(20,21)17(16)23/h2-6,17,23H,7,9H2,1H3. The fraction of sp³-hybridized carbons (Fsp3) is 0.278. The van der Waals surface area contributed by atoms with Gasteiger partial charge in [0.25, 0.3) is 5.92 Å². The topological polar surface area (TPSA) is 53.2 Å². The zero-order chi connectivity index (χ0) is 18.2. The minimum Gasteiger partial charge on any atom is -0.457 e. The van der Waals surface area contributed by atoms with E-state index in [9.17, 15) is 18.3 Å². The van der Waals surface area contributed by atoms with Crippen molar-refractivity contribution in [3.05, 3.63) is 52.6 Å². The number of halogens is 3. The number of alkyl halides is 3. The third-order valence-corrected chi connectivity index (χ3v) is 4.75. The molecule has 0 fully saturated rings. The summed E-state index contributed by atoms with van der Waals surface area (Å²) in [6.07, 6.45) is -2.68. The average Bonchev–Trinajstić information content (AvgIpc) is 2.80. The maximum absolute atomic E-state index is 14.0. The Morgan fingerprint density at radius 1 is 1.36 bits per heavy atom. The molecule has 0 saturated heterocycles. The van der Waals surface area contributed by atoms with Gasteiger partial charge in [-0.3, -0.25) is 0 Å². The maximum Gasteiger partial charge on any atom is 0.281 e. The molecule has 7 heteroatoms. The molecular weight excluding hydrogens is 351 g/mol. The molecule has 0 radical (unpaired) electrons. The van der Waals surface area contributed by atoms with Crippen molar-refractivity contribution in [3.8, 4) is 17.6 Å².